The largest absolute Gasteiger partial charge is 0.454 e. The average molecular weight is 714 g/mol. The molecule has 0 saturated carbocycles. The van der Waals surface area contributed by atoms with Crippen molar-refractivity contribution in [2.45, 2.75) is 38.3 Å². The second kappa shape index (κ2) is 19.2. The summed E-state index contributed by atoms with van der Waals surface area (Å²) in [4.78, 5) is 99.6. The fourth-order valence-electron chi connectivity index (χ4n) is 4.88. The molecule has 4 rings (SSSR count). The summed E-state index contributed by atoms with van der Waals surface area (Å²) in [7, 11) is 0. The highest BCUT2D eigenvalue weighted by Crippen LogP contribution is 2.19. The molecular formula is C32H39N7O12. The van der Waals surface area contributed by atoms with Crippen LogP contribution in [0.3, 0.4) is 0 Å². The van der Waals surface area contributed by atoms with Gasteiger partial charge in [-0.05, 0) is 30.4 Å². The number of esters is 4. The molecule has 1 aromatic heterocycles. The average Bonchev–Trinajstić information content (AvgIpc) is 3.60. The predicted octanol–water partition coefficient (Wildman–Crippen LogP) is -2.52. The lowest BCUT2D eigenvalue weighted by Gasteiger charge is -2.27. The number of anilines is 1. The molecule has 0 spiro atoms. The Morgan fingerprint density at radius 3 is 1.67 bits per heavy atom. The quantitative estimate of drug-likeness (QED) is 0.185. The maximum absolute atomic E-state index is 13.0. The van der Waals surface area contributed by atoms with Crippen molar-refractivity contribution in [1.82, 2.24) is 31.0 Å². The van der Waals surface area contributed by atoms with Crippen LogP contribution in [0, 0.1) is 0 Å². The summed E-state index contributed by atoms with van der Waals surface area (Å²) in [5.41, 5.74) is 2.63. The number of piperidine rings is 1. The number of hydrogen-bond donors (Lipinski definition) is 4. The second-order valence-corrected chi connectivity index (χ2v) is 11.5. The van der Waals surface area contributed by atoms with Gasteiger partial charge in [0.2, 0.25) is 0 Å². The number of nitrogens with zero attached hydrogens (tertiary/aromatic N) is 3. The Hall–Kier alpha value is -6.01. The SMILES string of the molecule is O=C1COC(=O)CNC(=O)COC(=O)C(Cc2ccc(Cn3cc(N4CCCCC4)cn3)cc2)NC(=O)COC(=O)CNC(=O)COC(=O)CN1. The Morgan fingerprint density at radius 1 is 0.627 bits per heavy atom. The van der Waals surface area contributed by atoms with Gasteiger partial charge in [0, 0.05) is 25.7 Å². The number of rotatable bonds is 5. The van der Waals surface area contributed by atoms with Crippen LogP contribution in [-0.4, -0.2) is 122 Å². The number of hydrogen-bond acceptors (Lipinski definition) is 14. The molecule has 4 N–H and O–H groups in total. The van der Waals surface area contributed by atoms with E-state index in [1.807, 2.05) is 29.2 Å². The van der Waals surface area contributed by atoms with Crippen LogP contribution in [0.5, 0.6) is 0 Å². The molecular weight excluding hydrogens is 674 g/mol. The Morgan fingerprint density at radius 2 is 1.12 bits per heavy atom. The first-order chi connectivity index (χ1) is 24.5. The van der Waals surface area contributed by atoms with E-state index in [1.54, 1.807) is 12.1 Å². The number of cyclic esters (lactones) is 4. The topological polar surface area (TPSA) is 243 Å². The number of nitrogens with one attached hydrogen (secondary N) is 4. The molecule has 274 valence electrons. The lowest BCUT2D eigenvalue weighted by Crippen LogP contribution is -2.46. The van der Waals surface area contributed by atoms with E-state index in [4.69, 9.17) is 14.2 Å². The van der Waals surface area contributed by atoms with Crippen molar-refractivity contribution in [3.8, 4) is 0 Å². The third kappa shape index (κ3) is 13.4. The number of aromatic nitrogens is 2. The zero-order valence-corrected chi connectivity index (χ0v) is 27.7. The highest BCUT2D eigenvalue weighted by atomic mass is 16.6. The molecule has 51 heavy (non-hydrogen) atoms. The van der Waals surface area contributed by atoms with Crippen molar-refractivity contribution >= 4 is 53.2 Å². The molecule has 2 aromatic rings. The summed E-state index contributed by atoms with van der Waals surface area (Å²) in [6.07, 6.45) is 7.31. The molecule has 1 aromatic carbocycles. The zero-order chi connectivity index (χ0) is 36.6. The first kappa shape index (κ1) is 37.8. The normalized spacial score (nSPS) is 19.9. The Labute approximate surface area is 291 Å². The van der Waals surface area contributed by atoms with Crippen molar-refractivity contribution in [2.75, 3.05) is 64.1 Å². The molecule has 19 heteroatoms. The van der Waals surface area contributed by atoms with Gasteiger partial charge in [0.15, 0.2) is 26.4 Å². The number of benzene rings is 1. The number of amides is 4. The fraction of sp³-hybridized carbons (Fsp3) is 0.469. The minimum Gasteiger partial charge on any atom is -0.454 e. The first-order valence-corrected chi connectivity index (χ1v) is 16.1. The Bertz CT molecular complexity index is 1590. The van der Waals surface area contributed by atoms with E-state index in [9.17, 15) is 38.4 Å². The monoisotopic (exact) mass is 713 g/mol. The molecule has 2 fully saturated rings. The minimum atomic E-state index is -1.32. The molecule has 0 bridgehead atoms. The van der Waals surface area contributed by atoms with Gasteiger partial charge in [-0.2, -0.15) is 5.10 Å². The fourth-order valence-corrected chi connectivity index (χ4v) is 4.88. The van der Waals surface area contributed by atoms with Gasteiger partial charge in [0.1, 0.15) is 25.7 Å². The summed E-state index contributed by atoms with van der Waals surface area (Å²) in [5.74, 6) is -7.51. The lowest BCUT2D eigenvalue weighted by molar-refractivity contribution is -0.154. The van der Waals surface area contributed by atoms with E-state index in [1.165, 1.54) is 6.42 Å². The highest BCUT2D eigenvalue weighted by molar-refractivity contribution is 5.90. The van der Waals surface area contributed by atoms with Crippen LogP contribution in [0.1, 0.15) is 30.4 Å². The van der Waals surface area contributed by atoms with Gasteiger partial charge < -0.3 is 45.1 Å². The van der Waals surface area contributed by atoms with Crippen molar-refractivity contribution in [3.63, 3.8) is 0 Å². The smallest absolute Gasteiger partial charge is 0.329 e. The molecule has 2 aliphatic rings. The predicted molar refractivity (Wildman–Crippen MR) is 172 cm³/mol. The molecule has 1 atom stereocenters. The van der Waals surface area contributed by atoms with Gasteiger partial charge in [-0.3, -0.25) is 38.2 Å². The summed E-state index contributed by atoms with van der Waals surface area (Å²) >= 11 is 0. The summed E-state index contributed by atoms with van der Waals surface area (Å²) in [5, 5.41) is 13.3. The van der Waals surface area contributed by atoms with E-state index in [0.29, 0.717) is 12.1 Å². The van der Waals surface area contributed by atoms with Crippen molar-refractivity contribution in [1.29, 1.82) is 0 Å². The maximum Gasteiger partial charge on any atom is 0.329 e. The third-order valence-electron chi connectivity index (χ3n) is 7.50. The van der Waals surface area contributed by atoms with Gasteiger partial charge in [-0.25, -0.2) is 4.79 Å². The van der Waals surface area contributed by atoms with Gasteiger partial charge >= 0.3 is 23.9 Å². The summed E-state index contributed by atoms with van der Waals surface area (Å²) < 4.78 is 21.1. The molecule has 0 radical (unpaired) electrons. The van der Waals surface area contributed by atoms with Crippen LogP contribution in [-0.2, 0) is 70.3 Å². The molecule has 19 nitrogen and oxygen atoms in total. The second-order valence-electron chi connectivity index (χ2n) is 11.5. The van der Waals surface area contributed by atoms with Crippen molar-refractivity contribution in [3.05, 3.63) is 47.8 Å². The van der Waals surface area contributed by atoms with Crippen LogP contribution in [0.25, 0.3) is 0 Å². The van der Waals surface area contributed by atoms with E-state index in [0.717, 1.165) is 37.2 Å². The minimum absolute atomic E-state index is 0.0650. The number of ether oxygens (including phenoxy) is 4. The first-order valence-electron chi connectivity index (χ1n) is 16.1. The van der Waals surface area contributed by atoms with Crippen LogP contribution < -0.4 is 26.2 Å². The van der Waals surface area contributed by atoms with Crippen LogP contribution in [0.4, 0.5) is 5.69 Å². The molecule has 2 aliphatic heterocycles. The van der Waals surface area contributed by atoms with E-state index in [2.05, 4.69) is 36.0 Å². The van der Waals surface area contributed by atoms with Gasteiger partial charge in [0.05, 0.1) is 18.4 Å². The molecule has 3 heterocycles. The van der Waals surface area contributed by atoms with Gasteiger partial charge in [-0.1, -0.05) is 24.3 Å². The maximum atomic E-state index is 13.0. The Kier molecular flexibility index (Phi) is 14.3. The third-order valence-corrected chi connectivity index (χ3v) is 7.50. The highest BCUT2D eigenvalue weighted by Gasteiger charge is 2.25. The molecule has 1 unspecified atom stereocenters. The number of carbonyl (C=O) groups excluding carboxylic acids is 8. The van der Waals surface area contributed by atoms with Crippen molar-refractivity contribution < 1.29 is 57.3 Å². The lowest BCUT2D eigenvalue weighted by atomic mass is 10.0. The van der Waals surface area contributed by atoms with Crippen LogP contribution in [0.15, 0.2) is 36.7 Å². The van der Waals surface area contributed by atoms with E-state index < -0.39 is 99.6 Å². The summed E-state index contributed by atoms with van der Waals surface area (Å²) in [6.45, 7) is -2.70. The zero-order valence-electron chi connectivity index (χ0n) is 27.7. The standard InChI is InChI=1S/C32H39N7O12/c40-25-17-49-30(45)13-35-27(42)19-51-32(47)24(37-28(43)20-50-31(46)14-34-26(41)18-48-29(44)12-33-25)10-21-4-6-22(7-5-21)15-39-16-23(11-36-39)38-8-2-1-3-9-38/h4-7,11,16,24H,1-3,8-10,12-15,17-20H2,(H,33,40)(H,34,41)(H,35,42)(H,37,43). The molecule has 2 saturated heterocycles. The van der Waals surface area contributed by atoms with Crippen LogP contribution >= 0.6 is 0 Å². The van der Waals surface area contributed by atoms with Crippen molar-refractivity contribution in [2.24, 2.45) is 0 Å². The van der Waals surface area contributed by atoms with Gasteiger partial charge in [0.25, 0.3) is 23.6 Å². The van der Waals surface area contributed by atoms with E-state index >= 15 is 0 Å². The molecule has 0 aliphatic carbocycles. The Balaban J connectivity index is 1.37. The molecule has 4 amide bonds. The number of carbonyl (C=O) groups is 8. The van der Waals surface area contributed by atoms with Gasteiger partial charge in [-0.15, -0.1) is 0 Å². The summed E-state index contributed by atoms with van der Waals surface area (Å²) in [6, 6.07) is 5.88. The van der Waals surface area contributed by atoms with E-state index in [-0.39, 0.29) is 6.42 Å². The van der Waals surface area contributed by atoms with Crippen LogP contribution in [0.2, 0.25) is 0 Å².